The summed E-state index contributed by atoms with van der Waals surface area (Å²) in [4.78, 5) is 4.64. The van der Waals surface area contributed by atoms with Crippen LogP contribution in [-0.2, 0) is 6.61 Å². The summed E-state index contributed by atoms with van der Waals surface area (Å²) in [6, 6.07) is 27.5. The molecule has 0 unspecified atom stereocenters. The molecule has 0 spiro atoms. The molecule has 5 aromatic rings. The van der Waals surface area contributed by atoms with Gasteiger partial charge in [0.1, 0.15) is 12.4 Å². The van der Waals surface area contributed by atoms with Crippen molar-refractivity contribution in [2.45, 2.75) is 6.61 Å². The van der Waals surface area contributed by atoms with Crippen LogP contribution in [0.25, 0.3) is 22.6 Å². The van der Waals surface area contributed by atoms with E-state index in [1.165, 1.54) is 6.39 Å². The van der Waals surface area contributed by atoms with Crippen LogP contribution in [-0.4, -0.2) is 15.2 Å². The molecule has 5 rings (SSSR count). The first-order valence-corrected chi connectivity index (χ1v) is 10.4. The first kappa shape index (κ1) is 20.0. The maximum absolute atomic E-state index is 6.56. The smallest absolute Gasteiger partial charge is 0.248 e. The van der Waals surface area contributed by atoms with Crippen LogP contribution in [0.15, 0.2) is 95.7 Å². The molecule has 0 saturated heterocycles. The van der Waals surface area contributed by atoms with Gasteiger partial charge in [-0.15, -0.1) is 10.2 Å². The molecule has 0 atom stereocenters. The van der Waals surface area contributed by atoms with Crippen molar-refractivity contribution in [3.63, 3.8) is 0 Å². The van der Waals surface area contributed by atoms with Crippen molar-refractivity contribution in [2.75, 3.05) is 0 Å². The van der Waals surface area contributed by atoms with Crippen LogP contribution in [0.1, 0.15) is 22.7 Å². The van der Waals surface area contributed by atoms with E-state index in [0.717, 1.165) is 33.3 Å². The Morgan fingerprint density at radius 1 is 0.938 bits per heavy atom. The Balaban J connectivity index is 1.40. The number of rotatable bonds is 6. The van der Waals surface area contributed by atoms with E-state index in [0.29, 0.717) is 23.3 Å². The standard InChI is InChI=1S/C26H18ClN3O2/c27-23-15-20(22(26-30-28-17-32-26)14-18-6-2-1-3-7-18)11-13-25(23)31-16-21-12-10-19-8-4-5-9-24(19)29-21/h1-15,17H,16H2. The van der Waals surface area contributed by atoms with Crippen LogP contribution in [0.3, 0.4) is 0 Å². The number of aromatic nitrogens is 3. The number of fused-ring (bicyclic) bond motifs is 1. The molecule has 5 nitrogen and oxygen atoms in total. The number of hydrogen-bond acceptors (Lipinski definition) is 5. The Bertz CT molecular complexity index is 1380. The molecule has 6 heteroatoms. The van der Waals surface area contributed by atoms with E-state index < -0.39 is 0 Å². The number of benzene rings is 3. The zero-order valence-electron chi connectivity index (χ0n) is 17.0. The molecule has 32 heavy (non-hydrogen) atoms. The minimum absolute atomic E-state index is 0.320. The van der Waals surface area contributed by atoms with E-state index in [1.807, 2.05) is 91.0 Å². The van der Waals surface area contributed by atoms with Gasteiger partial charge in [0.2, 0.25) is 12.3 Å². The number of halogens is 1. The summed E-state index contributed by atoms with van der Waals surface area (Å²) < 4.78 is 11.4. The van der Waals surface area contributed by atoms with Gasteiger partial charge in [0.05, 0.1) is 16.2 Å². The van der Waals surface area contributed by atoms with Crippen molar-refractivity contribution in [1.29, 1.82) is 0 Å². The molecule has 0 bridgehead atoms. The topological polar surface area (TPSA) is 61.0 Å². The summed E-state index contributed by atoms with van der Waals surface area (Å²) >= 11 is 6.56. The highest BCUT2D eigenvalue weighted by molar-refractivity contribution is 6.32. The van der Waals surface area contributed by atoms with Gasteiger partial charge in [-0.3, -0.25) is 0 Å². The van der Waals surface area contributed by atoms with Crippen molar-refractivity contribution >= 4 is 34.2 Å². The minimum Gasteiger partial charge on any atom is -0.486 e. The number of pyridine rings is 1. The number of para-hydroxylation sites is 1. The molecule has 0 radical (unpaired) electrons. The zero-order valence-corrected chi connectivity index (χ0v) is 17.7. The molecule has 3 aromatic carbocycles. The van der Waals surface area contributed by atoms with Crippen LogP contribution in [0.2, 0.25) is 5.02 Å². The lowest BCUT2D eigenvalue weighted by molar-refractivity contribution is 0.302. The second kappa shape index (κ2) is 9.04. The maximum atomic E-state index is 6.56. The molecular weight excluding hydrogens is 422 g/mol. The molecule has 0 N–H and O–H groups in total. The summed E-state index contributed by atoms with van der Waals surface area (Å²) in [6.07, 6.45) is 3.29. The van der Waals surface area contributed by atoms with Crippen molar-refractivity contribution in [2.24, 2.45) is 0 Å². The minimum atomic E-state index is 0.320. The molecule has 0 amide bonds. The molecule has 156 valence electrons. The van der Waals surface area contributed by atoms with Gasteiger partial charge in [-0.05, 0) is 41.5 Å². The Morgan fingerprint density at radius 3 is 2.59 bits per heavy atom. The van der Waals surface area contributed by atoms with Gasteiger partial charge in [-0.25, -0.2) is 4.98 Å². The average Bonchev–Trinajstić information content (AvgIpc) is 3.37. The van der Waals surface area contributed by atoms with Crippen LogP contribution >= 0.6 is 11.6 Å². The molecule has 0 fully saturated rings. The van der Waals surface area contributed by atoms with Crippen molar-refractivity contribution < 1.29 is 9.15 Å². The van der Waals surface area contributed by atoms with E-state index in [-0.39, 0.29) is 0 Å². The summed E-state index contributed by atoms with van der Waals surface area (Å²) in [7, 11) is 0. The first-order chi connectivity index (χ1) is 15.8. The van der Waals surface area contributed by atoms with E-state index >= 15 is 0 Å². The van der Waals surface area contributed by atoms with E-state index in [1.54, 1.807) is 0 Å². The first-order valence-electron chi connectivity index (χ1n) is 10.1. The monoisotopic (exact) mass is 439 g/mol. The zero-order chi connectivity index (χ0) is 21.8. The van der Waals surface area contributed by atoms with E-state index in [9.17, 15) is 0 Å². The number of ether oxygens (including phenoxy) is 1. The molecular formula is C26H18ClN3O2. The van der Waals surface area contributed by atoms with Crippen LogP contribution < -0.4 is 4.74 Å². The third-order valence-electron chi connectivity index (χ3n) is 4.98. The van der Waals surface area contributed by atoms with Gasteiger partial charge in [0.15, 0.2) is 0 Å². The highest BCUT2D eigenvalue weighted by atomic mass is 35.5. The third kappa shape index (κ3) is 4.38. The SMILES string of the molecule is Clc1cc(C(=Cc2ccccc2)c2nnco2)ccc1OCc1ccc2ccccc2n1. The Hall–Kier alpha value is -3.96. The fourth-order valence-electron chi connectivity index (χ4n) is 3.40. The second-order valence-corrected chi connectivity index (χ2v) is 7.55. The van der Waals surface area contributed by atoms with Gasteiger partial charge in [-0.2, -0.15) is 0 Å². The molecule has 2 heterocycles. The van der Waals surface area contributed by atoms with Crippen LogP contribution in [0, 0.1) is 0 Å². The van der Waals surface area contributed by atoms with Gasteiger partial charge >= 0.3 is 0 Å². The number of hydrogen-bond donors (Lipinski definition) is 0. The summed E-state index contributed by atoms with van der Waals surface area (Å²) in [6.45, 7) is 0.320. The maximum Gasteiger partial charge on any atom is 0.248 e. The summed E-state index contributed by atoms with van der Waals surface area (Å²) in [5.74, 6) is 0.994. The Labute approximate surface area is 190 Å². The highest BCUT2D eigenvalue weighted by Gasteiger charge is 2.14. The van der Waals surface area contributed by atoms with Gasteiger partial charge in [0.25, 0.3) is 0 Å². The van der Waals surface area contributed by atoms with Crippen molar-refractivity contribution in [1.82, 2.24) is 15.2 Å². The third-order valence-corrected chi connectivity index (χ3v) is 5.27. The Kier molecular flexibility index (Phi) is 5.64. The molecule has 0 aliphatic heterocycles. The summed E-state index contributed by atoms with van der Waals surface area (Å²) in [5.41, 5.74) is 4.40. The Morgan fingerprint density at radius 2 is 1.78 bits per heavy atom. The molecule has 0 saturated carbocycles. The van der Waals surface area contributed by atoms with E-state index in [2.05, 4.69) is 15.2 Å². The largest absolute Gasteiger partial charge is 0.486 e. The molecule has 0 aliphatic rings. The quantitative estimate of drug-likeness (QED) is 0.285. The fourth-order valence-corrected chi connectivity index (χ4v) is 3.64. The van der Waals surface area contributed by atoms with Crippen LogP contribution in [0.5, 0.6) is 5.75 Å². The van der Waals surface area contributed by atoms with Crippen molar-refractivity contribution in [3.8, 4) is 5.75 Å². The van der Waals surface area contributed by atoms with Crippen LogP contribution in [0.4, 0.5) is 0 Å². The fraction of sp³-hybridized carbons (Fsp3) is 0.0385. The van der Waals surface area contributed by atoms with Gasteiger partial charge in [0, 0.05) is 11.0 Å². The molecule has 2 aromatic heterocycles. The lowest BCUT2D eigenvalue weighted by Gasteiger charge is -2.11. The van der Waals surface area contributed by atoms with Gasteiger partial charge in [-0.1, -0.05) is 72.3 Å². The lowest BCUT2D eigenvalue weighted by Crippen LogP contribution is -1.99. The normalized spacial score (nSPS) is 11.6. The second-order valence-electron chi connectivity index (χ2n) is 7.14. The predicted molar refractivity (Wildman–Crippen MR) is 125 cm³/mol. The summed E-state index contributed by atoms with van der Waals surface area (Å²) in [5, 5.41) is 9.47. The van der Waals surface area contributed by atoms with E-state index in [4.69, 9.17) is 20.8 Å². The number of nitrogens with zero attached hydrogens (tertiary/aromatic N) is 3. The highest BCUT2D eigenvalue weighted by Crippen LogP contribution is 2.32. The van der Waals surface area contributed by atoms with Gasteiger partial charge < -0.3 is 9.15 Å². The predicted octanol–water partition coefficient (Wildman–Crippen LogP) is 6.44. The average molecular weight is 440 g/mol. The lowest BCUT2D eigenvalue weighted by atomic mass is 10.0. The molecule has 0 aliphatic carbocycles. The van der Waals surface area contributed by atoms with Crippen molar-refractivity contribution in [3.05, 3.63) is 119 Å².